The number of fused-ring (bicyclic) bond motifs is 1. The van der Waals surface area contributed by atoms with Crippen LogP contribution in [0.15, 0.2) is 48.5 Å². The number of benzene rings is 2. The molecule has 0 spiro atoms. The molecule has 37 heavy (non-hydrogen) atoms. The Labute approximate surface area is 216 Å². The lowest BCUT2D eigenvalue weighted by Gasteiger charge is -2.29. The molecule has 3 amide bonds. The van der Waals surface area contributed by atoms with Gasteiger partial charge in [0, 0.05) is 37.5 Å². The molecule has 1 unspecified atom stereocenters. The Kier molecular flexibility index (Phi) is 7.61. The van der Waals surface area contributed by atoms with Gasteiger partial charge in [0.25, 0.3) is 11.8 Å². The van der Waals surface area contributed by atoms with Gasteiger partial charge in [-0.05, 0) is 67.3 Å². The molecule has 0 aromatic heterocycles. The van der Waals surface area contributed by atoms with Crippen molar-refractivity contribution < 1.29 is 23.6 Å². The number of amides is 3. The minimum atomic E-state index is -0.797. The Bertz CT molecular complexity index is 1180. The summed E-state index contributed by atoms with van der Waals surface area (Å²) in [5.74, 6) is -1.56. The van der Waals surface area contributed by atoms with Crippen LogP contribution in [0.4, 0.5) is 10.1 Å². The van der Waals surface area contributed by atoms with Gasteiger partial charge in [0.1, 0.15) is 17.9 Å². The molecule has 0 radical (unpaired) electrons. The van der Waals surface area contributed by atoms with Crippen molar-refractivity contribution in [3.63, 3.8) is 0 Å². The summed E-state index contributed by atoms with van der Waals surface area (Å²) in [4.78, 5) is 57.7. The number of Topliss-reactive ketones (excluding diaryl/α,β-unsaturated/α-hetero) is 1. The third kappa shape index (κ3) is 5.50. The van der Waals surface area contributed by atoms with Crippen molar-refractivity contribution in [2.24, 2.45) is 5.92 Å². The predicted molar refractivity (Wildman–Crippen MR) is 138 cm³/mol. The van der Waals surface area contributed by atoms with Crippen molar-refractivity contribution in [3.8, 4) is 0 Å². The second kappa shape index (κ2) is 10.7. The molecule has 2 aromatic rings. The van der Waals surface area contributed by atoms with Crippen molar-refractivity contribution in [2.75, 3.05) is 32.1 Å². The van der Waals surface area contributed by atoms with Gasteiger partial charge < -0.3 is 20.0 Å². The summed E-state index contributed by atoms with van der Waals surface area (Å²) in [6.07, 6.45) is 0.879. The zero-order chi connectivity index (χ0) is 26.9. The Morgan fingerprint density at radius 2 is 1.62 bits per heavy atom. The number of hydrogen-bond donors (Lipinski definition) is 1. The van der Waals surface area contributed by atoms with Gasteiger partial charge in [0.15, 0.2) is 5.78 Å². The first-order valence-electron chi connectivity index (χ1n) is 12.5. The van der Waals surface area contributed by atoms with Crippen LogP contribution in [0.25, 0.3) is 0 Å². The Hall–Kier alpha value is -3.75. The normalized spacial score (nSPS) is 19.7. The minimum Gasteiger partial charge on any atom is -0.378 e. The van der Waals surface area contributed by atoms with Crippen LogP contribution in [0.2, 0.25) is 0 Å². The molecule has 3 atom stereocenters. The van der Waals surface area contributed by atoms with Gasteiger partial charge in [-0.15, -0.1) is 0 Å². The van der Waals surface area contributed by atoms with Gasteiger partial charge in [-0.2, -0.15) is 0 Å². The summed E-state index contributed by atoms with van der Waals surface area (Å²) < 4.78 is 13.3. The lowest BCUT2D eigenvalue weighted by Crippen LogP contribution is -2.53. The van der Waals surface area contributed by atoms with Crippen molar-refractivity contribution in [3.05, 3.63) is 65.5 Å². The van der Waals surface area contributed by atoms with E-state index in [1.54, 1.807) is 12.1 Å². The summed E-state index contributed by atoms with van der Waals surface area (Å²) in [6.45, 7) is 4.15. The summed E-state index contributed by atoms with van der Waals surface area (Å²) in [6, 6.07) is 10.3. The molecule has 0 saturated carbocycles. The summed E-state index contributed by atoms with van der Waals surface area (Å²) in [5.41, 5.74) is 1.69. The van der Waals surface area contributed by atoms with E-state index < -0.39 is 23.9 Å². The molecule has 2 aromatic carbocycles. The Balaban J connectivity index is 1.49. The van der Waals surface area contributed by atoms with Crippen LogP contribution in [0.3, 0.4) is 0 Å². The second-order valence-corrected chi connectivity index (χ2v) is 10.3. The fourth-order valence-corrected chi connectivity index (χ4v) is 5.14. The number of anilines is 1. The maximum Gasteiger partial charge on any atom is 0.254 e. The van der Waals surface area contributed by atoms with E-state index in [0.29, 0.717) is 30.5 Å². The zero-order valence-corrected chi connectivity index (χ0v) is 21.6. The Morgan fingerprint density at radius 1 is 1.00 bits per heavy atom. The minimum absolute atomic E-state index is 0.102. The summed E-state index contributed by atoms with van der Waals surface area (Å²) >= 11 is 0. The molecule has 2 aliphatic heterocycles. The molecule has 9 heteroatoms. The first-order chi connectivity index (χ1) is 17.6. The van der Waals surface area contributed by atoms with E-state index in [0.717, 1.165) is 5.69 Å². The van der Waals surface area contributed by atoms with Crippen LogP contribution in [0, 0.1) is 11.7 Å². The third-order valence-electron chi connectivity index (χ3n) is 7.01. The van der Waals surface area contributed by atoms with E-state index in [4.69, 9.17) is 0 Å². The highest BCUT2D eigenvalue weighted by atomic mass is 19.1. The van der Waals surface area contributed by atoms with E-state index in [9.17, 15) is 23.6 Å². The van der Waals surface area contributed by atoms with Gasteiger partial charge in [-0.1, -0.05) is 13.8 Å². The van der Waals surface area contributed by atoms with Gasteiger partial charge in [0.2, 0.25) is 5.91 Å². The number of likely N-dealkylation sites (tertiary alicyclic amines) is 2. The zero-order valence-electron chi connectivity index (χ0n) is 21.6. The number of carbonyl (C=O) groups excluding carboxylic acids is 4. The topological polar surface area (TPSA) is 90.0 Å². The highest BCUT2D eigenvalue weighted by molar-refractivity contribution is 6.03. The Morgan fingerprint density at radius 3 is 2.22 bits per heavy atom. The lowest BCUT2D eigenvalue weighted by atomic mass is 10.0. The quantitative estimate of drug-likeness (QED) is 0.621. The molecule has 1 N–H and O–H groups in total. The number of ketones is 1. The van der Waals surface area contributed by atoms with Crippen molar-refractivity contribution in [2.45, 2.75) is 44.8 Å². The number of hydrogen-bond acceptors (Lipinski definition) is 5. The molecule has 2 fully saturated rings. The molecule has 196 valence electrons. The van der Waals surface area contributed by atoms with E-state index >= 15 is 0 Å². The molecule has 2 heterocycles. The molecular weight excluding hydrogens is 475 g/mol. The van der Waals surface area contributed by atoms with E-state index in [1.807, 2.05) is 45.0 Å². The molecular formula is C28H33FN4O4. The second-order valence-electron chi connectivity index (χ2n) is 10.3. The van der Waals surface area contributed by atoms with Crippen LogP contribution in [-0.4, -0.2) is 78.6 Å². The van der Waals surface area contributed by atoms with Crippen LogP contribution >= 0.6 is 0 Å². The van der Waals surface area contributed by atoms with Crippen LogP contribution in [0.5, 0.6) is 0 Å². The maximum atomic E-state index is 13.7. The number of nitrogens with zero attached hydrogens (tertiary/aromatic N) is 3. The fourth-order valence-electron chi connectivity index (χ4n) is 5.14. The fraction of sp³-hybridized carbons (Fsp3) is 0.429. The van der Waals surface area contributed by atoms with Crippen LogP contribution in [0.1, 0.15) is 47.4 Å². The number of nitrogens with one attached hydrogen (secondary N) is 1. The molecule has 2 aliphatic rings. The van der Waals surface area contributed by atoms with Gasteiger partial charge in [0.05, 0.1) is 12.6 Å². The molecule has 2 saturated heterocycles. The van der Waals surface area contributed by atoms with Crippen molar-refractivity contribution in [1.29, 1.82) is 0 Å². The van der Waals surface area contributed by atoms with E-state index in [1.165, 1.54) is 34.1 Å². The monoisotopic (exact) mass is 508 g/mol. The number of rotatable bonds is 7. The third-order valence-corrected chi connectivity index (χ3v) is 7.01. The number of carbonyl (C=O) groups is 4. The SMILES string of the molecule is CC(C)CC(NC(=O)c1ccc(N(C)C)cc1)C(=O)N1CC[C@@H]2[C@H]1C(=O)CN2C(=O)c1ccc(F)cc1. The highest BCUT2D eigenvalue weighted by Gasteiger charge is 2.52. The smallest absolute Gasteiger partial charge is 0.254 e. The molecule has 4 rings (SSSR count). The molecule has 8 nitrogen and oxygen atoms in total. The van der Waals surface area contributed by atoms with E-state index in [-0.39, 0.29) is 36.0 Å². The largest absolute Gasteiger partial charge is 0.378 e. The first-order valence-corrected chi connectivity index (χ1v) is 12.5. The lowest BCUT2D eigenvalue weighted by molar-refractivity contribution is -0.138. The maximum absolute atomic E-state index is 13.7. The van der Waals surface area contributed by atoms with Crippen LogP contribution < -0.4 is 10.2 Å². The standard InChI is InChI=1S/C28H33FN4O4/c1-17(2)15-22(30-26(35)18-7-11-21(12-8-18)31(3)4)28(37)32-14-13-23-25(32)24(34)16-33(23)27(36)19-5-9-20(29)10-6-19/h5-12,17,22-23,25H,13-16H2,1-4H3,(H,30,35)/t22?,23-,25+/m1/s1. The van der Waals surface area contributed by atoms with Crippen LogP contribution in [-0.2, 0) is 9.59 Å². The summed E-state index contributed by atoms with van der Waals surface area (Å²) in [7, 11) is 3.82. The average Bonchev–Trinajstić information content (AvgIpc) is 3.44. The van der Waals surface area contributed by atoms with Gasteiger partial charge >= 0.3 is 0 Å². The average molecular weight is 509 g/mol. The highest BCUT2D eigenvalue weighted by Crippen LogP contribution is 2.32. The molecule has 0 aliphatic carbocycles. The number of halogens is 1. The van der Waals surface area contributed by atoms with Crippen molar-refractivity contribution in [1.82, 2.24) is 15.1 Å². The van der Waals surface area contributed by atoms with E-state index in [2.05, 4.69) is 5.32 Å². The van der Waals surface area contributed by atoms with Crippen molar-refractivity contribution >= 4 is 29.2 Å². The first kappa shape index (κ1) is 26.3. The predicted octanol–water partition coefficient (Wildman–Crippen LogP) is 2.73. The van der Waals surface area contributed by atoms with Gasteiger partial charge in [-0.25, -0.2) is 4.39 Å². The molecule has 0 bridgehead atoms. The van der Waals surface area contributed by atoms with Gasteiger partial charge in [-0.3, -0.25) is 19.2 Å². The summed E-state index contributed by atoms with van der Waals surface area (Å²) in [5, 5.41) is 2.88.